The SMILES string of the molecule is Cc1oc2ccccc2c1CCCN1CCOCC1. The molecular formula is C16H21NO2. The Kier molecular flexibility index (Phi) is 3.85. The topological polar surface area (TPSA) is 25.6 Å². The second kappa shape index (κ2) is 5.76. The minimum absolute atomic E-state index is 0.883. The molecule has 0 amide bonds. The molecule has 0 radical (unpaired) electrons. The van der Waals surface area contributed by atoms with Crippen LogP contribution < -0.4 is 0 Å². The van der Waals surface area contributed by atoms with Crippen molar-refractivity contribution in [1.82, 2.24) is 4.90 Å². The Morgan fingerprint density at radius 2 is 1.95 bits per heavy atom. The molecule has 2 aromatic rings. The number of fused-ring (bicyclic) bond motifs is 1. The van der Waals surface area contributed by atoms with Crippen molar-refractivity contribution in [3.8, 4) is 0 Å². The van der Waals surface area contributed by atoms with E-state index in [1.165, 1.54) is 17.4 Å². The van der Waals surface area contributed by atoms with E-state index >= 15 is 0 Å². The lowest BCUT2D eigenvalue weighted by molar-refractivity contribution is 0.0374. The fraction of sp³-hybridized carbons (Fsp3) is 0.500. The minimum Gasteiger partial charge on any atom is -0.461 e. The summed E-state index contributed by atoms with van der Waals surface area (Å²) in [6.07, 6.45) is 2.28. The van der Waals surface area contributed by atoms with Gasteiger partial charge >= 0.3 is 0 Å². The maximum atomic E-state index is 5.81. The fourth-order valence-electron chi connectivity index (χ4n) is 2.84. The van der Waals surface area contributed by atoms with Crippen LogP contribution in [0.2, 0.25) is 0 Å². The summed E-state index contributed by atoms with van der Waals surface area (Å²) in [5, 5.41) is 1.28. The lowest BCUT2D eigenvalue weighted by atomic mass is 10.1. The molecule has 1 aromatic heterocycles. The Hall–Kier alpha value is -1.32. The van der Waals surface area contributed by atoms with E-state index in [0.717, 1.165) is 50.6 Å². The first kappa shape index (κ1) is 12.7. The highest BCUT2D eigenvalue weighted by Crippen LogP contribution is 2.26. The zero-order valence-electron chi connectivity index (χ0n) is 11.5. The molecule has 1 aromatic carbocycles. The van der Waals surface area contributed by atoms with E-state index in [2.05, 4.69) is 24.0 Å². The molecule has 0 saturated carbocycles. The van der Waals surface area contributed by atoms with Gasteiger partial charge in [0.25, 0.3) is 0 Å². The van der Waals surface area contributed by atoms with Crippen molar-refractivity contribution in [3.05, 3.63) is 35.6 Å². The van der Waals surface area contributed by atoms with Gasteiger partial charge in [-0.25, -0.2) is 0 Å². The first-order chi connectivity index (χ1) is 9.34. The highest BCUT2D eigenvalue weighted by molar-refractivity contribution is 5.82. The highest BCUT2D eigenvalue weighted by atomic mass is 16.5. The van der Waals surface area contributed by atoms with Crippen LogP contribution in [0.3, 0.4) is 0 Å². The number of rotatable bonds is 4. The van der Waals surface area contributed by atoms with Crippen LogP contribution in [0.15, 0.2) is 28.7 Å². The number of furan rings is 1. The summed E-state index contributed by atoms with van der Waals surface area (Å²) in [5.74, 6) is 1.07. The summed E-state index contributed by atoms with van der Waals surface area (Å²) in [4.78, 5) is 2.49. The van der Waals surface area contributed by atoms with Crippen LogP contribution in [-0.4, -0.2) is 37.7 Å². The van der Waals surface area contributed by atoms with Crippen molar-refractivity contribution in [2.75, 3.05) is 32.8 Å². The highest BCUT2D eigenvalue weighted by Gasteiger charge is 2.12. The summed E-state index contributed by atoms with van der Waals surface area (Å²) in [7, 11) is 0. The van der Waals surface area contributed by atoms with Crippen molar-refractivity contribution < 1.29 is 9.15 Å². The quantitative estimate of drug-likeness (QED) is 0.844. The molecule has 3 heteroatoms. The smallest absolute Gasteiger partial charge is 0.134 e. The zero-order chi connectivity index (χ0) is 13.1. The third-order valence-corrected chi connectivity index (χ3v) is 3.91. The molecule has 0 spiro atoms. The molecular weight excluding hydrogens is 238 g/mol. The molecule has 1 aliphatic heterocycles. The first-order valence-corrected chi connectivity index (χ1v) is 7.12. The Morgan fingerprint density at radius 1 is 1.16 bits per heavy atom. The monoisotopic (exact) mass is 259 g/mol. The van der Waals surface area contributed by atoms with Crippen LogP contribution in [0.1, 0.15) is 17.7 Å². The van der Waals surface area contributed by atoms with E-state index in [1.54, 1.807) is 0 Å². The van der Waals surface area contributed by atoms with Gasteiger partial charge in [0.05, 0.1) is 13.2 Å². The largest absolute Gasteiger partial charge is 0.461 e. The Bertz CT molecular complexity index is 541. The molecule has 2 heterocycles. The average molecular weight is 259 g/mol. The van der Waals surface area contributed by atoms with Crippen LogP contribution in [0, 0.1) is 6.92 Å². The number of morpholine rings is 1. The summed E-state index contributed by atoms with van der Waals surface area (Å²) >= 11 is 0. The molecule has 0 N–H and O–H groups in total. The van der Waals surface area contributed by atoms with E-state index in [0.29, 0.717) is 0 Å². The lowest BCUT2D eigenvalue weighted by Gasteiger charge is -2.26. The number of ether oxygens (including phenoxy) is 1. The van der Waals surface area contributed by atoms with Crippen molar-refractivity contribution in [1.29, 1.82) is 0 Å². The maximum absolute atomic E-state index is 5.81. The molecule has 3 rings (SSSR count). The standard InChI is InChI=1S/C16H21NO2/c1-13-14(15-5-2-3-7-16(15)19-13)6-4-8-17-9-11-18-12-10-17/h2-3,5,7H,4,6,8-12H2,1H3. The van der Waals surface area contributed by atoms with Gasteiger partial charge in [0.2, 0.25) is 0 Å². The van der Waals surface area contributed by atoms with Crippen LogP contribution in [0.4, 0.5) is 0 Å². The maximum Gasteiger partial charge on any atom is 0.134 e. The summed E-state index contributed by atoms with van der Waals surface area (Å²) in [6.45, 7) is 7.14. The number of aryl methyl sites for hydroxylation is 2. The van der Waals surface area contributed by atoms with Crippen LogP contribution in [0.25, 0.3) is 11.0 Å². The predicted molar refractivity (Wildman–Crippen MR) is 76.5 cm³/mol. The normalized spacial score (nSPS) is 17.1. The van der Waals surface area contributed by atoms with E-state index in [-0.39, 0.29) is 0 Å². The molecule has 1 saturated heterocycles. The summed E-state index contributed by atoms with van der Waals surface area (Å²) in [6, 6.07) is 8.33. The second-order valence-corrected chi connectivity index (χ2v) is 5.19. The van der Waals surface area contributed by atoms with Gasteiger partial charge in [-0.05, 0) is 32.4 Å². The molecule has 0 atom stereocenters. The molecule has 3 nitrogen and oxygen atoms in total. The van der Waals surface area contributed by atoms with Gasteiger partial charge in [-0.2, -0.15) is 0 Å². The van der Waals surface area contributed by atoms with Crippen LogP contribution >= 0.6 is 0 Å². The first-order valence-electron chi connectivity index (χ1n) is 7.12. The Morgan fingerprint density at radius 3 is 2.79 bits per heavy atom. The Balaban J connectivity index is 1.63. The van der Waals surface area contributed by atoms with E-state index in [9.17, 15) is 0 Å². The second-order valence-electron chi connectivity index (χ2n) is 5.19. The third kappa shape index (κ3) is 2.82. The molecule has 0 aliphatic carbocycles. The molecule has 19 heavy (non-hydrogen) atoms. The number of hydrogen-bond acceptors (Lipinski definition) is 3. The van der Waals surface area contributed by atoms with Crippen LogP contribution in [0.5, 0.6) is 0 Å². The molecule has 1 aliphatic rings. The number of benzene rings is 1. The average Bonchev–Trinajstić information content (AvgIpc) is 2.76. The Labute approximate surface area is 114 Å². The molecule has 0 unspecified atom stereocenters. The van der Waals surface area contributed by atoms with Crippen LogP contribution in [-0.2, 0) is 11.2 Å². The molecule has 102 valence electrons. The van der Waals surface area contributed by atoms with Crippen molar-refractivity contribution in [2.45, 2.75) is 19.8 Å². The van der Waals surface area contributed by atoms with Gasteiger partial charge in [-0.1, -0.05) is 18.2 Å². The third-order valence-electron chi connectivity index (χ3n) is 3.91. The van der Waals surface area contributed by atoms with E-state index in [4.69, 9.17) is 9.15 Å². The lowest BCUT2D eigenvalue weighted by Crippen LogP contribution is -2.36. The van der Waals surface area contributed by atoms with Gasteiger partial charge in [0, 0.05) is 24.0 Å². The van der Waals surface area contributed by atoms with E-state index < -0.39 is 0 Å². The predicted octanol–water partition coefficient (Wildman–Crippen LogP) is 3.01. The number of para-hydroxylation sites is 1. The van der Waals surface area contributed by atoms with Crippen molar-refractivity contribution in [2.24, 2.45) is 0 Å². The van der Waals surface area contributed by atoms with Gasteiger partial charge in [-0.15, -0.1) is 0 Å². The van der Waals surface area contributed by atoms with Gasteiger partial charge in [-0.3, -0.25) is 4.90 Å². The van der Waals surface area contributed by atoms with Gasteiger partial charge in [0.15, 0.2) is 0 Å². The zero-order valence-corrected chi connectivity index (χ0v) is 11.5. The number of hydrogen-bond donors (Lipinski definition) is 0. The molecule has 1 fully saturated rings. The van der Waals surface area contributed by atoms with Crippen molar-refractivity contribution in [3.63, 3.8) is 0 Å². The van der Waals surface area contributed by atoms with E-state index in [1.807, 2.05) is 12.1 Å². The minimum atomic E-state index is 0.883. The fourth-order valence-corrected chi connectivity index (χ4v) is 2.84. The summed E-state index contributed by atoms with van der Waals surface area (Å²) in [5.41, 5.74) is 2.39. The van der Waals surface area contributed by atoms with Gasteiger partial charge < -0.3 is 9.15 Å². The van der Waals surface area contributed by atoms with Crippen molar-refractivity contribution >= 4 is 11.0 Å². The molecule has 0 bridgehead atoms. The van der Waals surface area contributed by atoms with Gasteiger partial charge in [0.1, 0.15) is 11.3 Å². The number of nitrogens with zero attached hydrogens (tertiary/aromatic N) is 1. The summed E-state index contributed by atoms with van der Waals surface area (Å²) < 4.78 is 11.2.